The van der Waals surface area contributed by atoms with Crippen LogP contribution >= 0.6 is 11.3 Å². The zero-order valence-electron chi connectivity index (χ0n) is 11.8. The normalized spacial score (nSPS) is 13.0. The number of thiophene rings is 1. The van der Waals surface area contributed by atoms with E-state index < -0.39 is 0 Å². The zero-order chi connectivity index (χ0) is 14.1. The van der Waals surface area contributed by atoms with E-state index in [1.54, 1.807) is 0 Å². The van der Waals surface area contributed by atoms with Gasteiger partial charge < -0.3 is 5.73 Å². The van der Waals surface area contributed by atoms with Crippen molar-refractivity contribution in [2.75, 3.05) is 0 Å². The number of nitrogens with two attached hydrogens (primary N) is 1. The van der Waals surface area contributed by atoms with Crippen LogP contribution in [-0.4, -0.2) is 0 Å². The van der Waals surface area contributed by atoms with Gasteiger partial charge in [-0.25, -0.2) is 0 Å². The molecule has 0 saturated heterocycles. The van der Waals surface area contributed by atoms with E-state index in [2.05, 4.69) is 68.4 Å². The lowest BCUT2D eigenvalue weighted by Crippen LogP contribution is -2.14. The Kier molecular flexibility index (Phi) is 3.60. The minimum Gasteiger partial charge on any atom is -0.323 e. The summed E-state index contributed by atoms with van der Waals surface area (Å²) in [6, 6.07) is 19.5. The van der Waals surface area contributed by atoms with Crippen molar-refractivity contribution in [3.8, 4) is 10.4 Å². The molecule has 1 unspecified atom stereocenters. The quantitative estimate of drug-likeness (QED) is 0.699. The highest BCUT2D eigenvalue weighted by Gasteiger charge is 2.14. The molecule has 0 aliphatic heterocycles. The fraction of sp³-hybridized carbons (Fsp3) is 0.222. The first-order valence-electron chi connectivity index (χ1n) is 7.00. The number of hydrogen-bond acceptors (Lipinski definition) is 2. The van der Waals surface area contributed by atoms with Crippen LogP contribution < -0.4 is 5.73 Å². The summed E-state index contributed by atoms with van der Waals surface area (Å²) < 4.78 is 0. The van der Waals surface area contributed by atoms with Crippen LogP contribution in [-0.2, 0) is 0 Å². The molecule has 0 amide bonds. The predicted molar refractivity (Wildman–Crippen MR) is 89.0 cm³/mol. The van der Waals surface area contributed by atoms with Gasteiger partial charge in [0.25, 0.3) is 0 Å². The van der Waals surface area contributed by atoms with Crippen LogP contribution in [0.2, 0.25) is 0 Å². The van der Waals surface area contributed by atoms with Gasteiger partial charge in [0.1, 0.15) is 0 Å². The lowest BCUT2D eigenvalue weighted by molar-refractivity contribution is 0.521. The Bertz CT molecular complexity index is 722. The van der Waals surface area contributed by atoms with Crippen molar-refractivity contribution in [1.82, 2.24) is 0 Å². The molecule has 2 N–H and O–H groups in total. The van der Waals surface area contributed by atoms with Gasteiger partial charge in [0.15, 0.2) is 0 Å². The van der Waals surface area contributed by atoms with Crippen LogP contribution in [0.1, 0.15) is 24.8 Å². The summed E-state index contributed by atoms with van der Waals surface area (Å²) in [6.07, 6.45) is 0. The second-order valence-electron chi connectivity index (χ2n) is 5.50. The fourth-order valence-electron chi connectivity index (χ4n) is 2.45. The lowest BCUT2D eigenvalue weighted by atomic mass is 10.0. The third-order valence-electron chi connectivity index (χ3n) is 3.73. The molecule has 0 fully saturated rings. The number of fused-ring (bicyclic) bond motifs is 1. The van der Waals surface area contributed by atoms with Crippen LogP contribution in [0.25, 0.3) is 21.2 Å². The average molecular weight is 281 g/mol. The monoisotopic (exact) mass is 281 g/mol. The van der Waals surface area contributed by atoms with Crippen molar-refractivity contribution in [2.45, 2.75) is 19.9 Å². The van der Waals surface area contributed by atoms with Gasteiger partial charge in [0.05, 0.1) is 0 Å². The van der Waals surface area contributed by atoms with Gasteiger partial charge in [-0.1, -0.05) is 56.3 Å². The van der Waals surface area contributed by atoms with Crippen molar-refractivity contribution in [3.63, 3.8) is 0 Å². The largest absolute Gasteiger partial charge is 0.323 e. The summed E-state index contributed by atoms with van der Waals surface area (Å²) >= 11 is 1.81. The second-order valence-corrected chi connectivity index (χ2v) is 6.61. The van der Waals surface area contributed by atoms with E-state index in [4.69, 9.17) is 5.73 Å². The molecule has 0 radical (unpaired) electrons. The smallest absolute Gasteiger partial charge is 0.0413 e. The molecule has 0 aliphatic carbocycles. The molecule has 1 nitrogen and oxygen atoms in total. The Labute approximate surface area is 124 Å². The summed E-state index contributed by atoms with van der Waals surface area (Å²) in [5, 5.41) is 2.59. The molecule has 3 aromatic rings. The predicted octanol–water partition coefficient (Wildman–Crippen LogP) is 5.22. The Balaban J connectivity index is 2.08. The summed E-state index contributed by atoms with van der Waals surface area (Å²) in [4.78, 5) is 2.57. The number of rotatable bonds is 3. The molecule has 3 rings (SSSR count). The van der Waals surface area contributed by atoms with Crippen LogP contribution in [0.4, 0.5) is 0 Å². The molecule has 0 saturated carbocycles. The molecule has 0 aliphatic rings. The minimum absolute atomic E-state index is 0.128. The van der Waals surface area contributed by atoms with Crippen LogP contribution in [0.15, 0.2) is 54.6 Å². The molecule has 0 bridgehead atoms. The summed E-state index contributed by atoms with van der Waals surface area (Å²) in [5.41, 5.74) is 7.55. The molecule has 1 atom stereocenters. The van der Waals surface area contributed by atoms with Gasteiger partial charge in [-0.2, -0.15) is 0 Å². The first-order valence-corrected chi connectivity index (χ1v) is 7.82. The van der Waals surface area contributed by atoms with Gasteiger partial charge in [0.2, 0.25) is 0 Å². The summed E-state index contributed by atoms with van der Waals surface area (Å²) in [6.45, 7) is 4.34. The lowest BCUT2D eigenvalue weighted by Gasteiger charge is -2.13. The highest BCUT2D eigenvalue weighted by molar-refractivity contribution is 7.15. The van der Waals surface area contributed by atoms with Crippen LogP contribution in [0.5, 0.6) is 0 Å². The molecule has 20 heavy (non-hydrogen) atoms. The van der Waals surface area contributed by atoms with E-state index in [9.17, 15) is 0 Å². The average Bonchev–Trinajstić information content (AvgIpc) is 2.95. The maximum atomic E-state index is 6.25. The zero-order valence-corrected chi connectivity index (χ0v) is 12.7. The standard InChI is InChI=1S/C18H19NS/c1-12(2)18(19)17-11-10-16(20-17)15-9-5-7-13-6-3-4-8-14(13)15/h3-12,18H,19H2,1-2H3. The Morgan fingerprint density at radius 3 is 2.45 bits per heavy atom. The first kappa shape index (κ1) is 13.3. The highest BCUT2D eigenvalue weighted by Crippen LogP contribution is 2.36. The third kappa shape index (κ3) is 2.37. The maximum Gasteiger partial charge on any atom is 0.0413 e. The molecule has 0 spiro atoms. The molecular weight excluding hydrogens is 262 g/mol. The van der Waals surface area contributed by atoms with Gasteiger partial charge in [-0.05, 0) is 34.4 Å². The van der Waals surface area contributed by atoms with E-state index in [1.165, 1.54) is 26.1 Å². The van der Waals surface area contributed by atoms with E-state index in [1.807, 2.05) is 11.3 Å². The number of hydrogen-bond donors (Lipinski definition) is 1. The van der Waals surface area contributed by atoms with E-state index >= 15 is 0 Å². The third-order valence-corrected chi connectivity index (χ3v) is 4.95. The fourth-order valence-corrected chi connectivity index (χ4v) is 3.67. The Morgan fingerprint density at radius 1 is 0.900 bits per heavy atom. The van der Waals surface area contributed by atoms with Crippen molar-refractivity contribution >= 4 is 22.1 Å². The molecular formula is C18H19NS. The maximum absolute atomic E-state index is 6.25. The van der Waals surface area contributed by atoms with Crippen LogP contribution in [0.3, 0.4) is 0 Å². The van der Waals surface area contributed by atoms with E-state index in [0.29, 0.717) is 5.92 Å². The molecule has 2 aromatic carbocycles. The van der Waals surface area contributed by atoms with Gasteiger partial charge in [0, 0.05) is 15.8 Å². The van der Waals surface area contributed by atoms with Crippen LogP contribution in [0, 0.1) is 5.92 Å². The molecule has 102 valence electrons. The van der Waals surface area contributed by atoms with E-state index in [-0.39, 0.29) is 6.04 Å². The SMILES string of the molecule is CC(C)C(N)c1ccc(-c2cccc3ccccc23)s1. The van der Waals surface area contributed by atoms with Crippen molar-refractivity contribution in [1.29, 1.82) is 0 Å². The molecule has 1 aromatic heterocycles. The van der Waals surface area contributed by atoms with Gasteiger partial charge in [-0.15, -0.1) is 11.3 Å². The molecule has 1 heterocycles. The van der Waals surface area contributed by atoms with Gasteiger partial charge in [-0.3, -0.25) is 0 Å². The van der Waals surface area contributed by atoms with Crippen molar-refractivity contribution < 1.29 is 0 Å². The highest BCUT2D eigenvalue weighted by atomic mass is 32.1. The second kappa shape index (κ2) is 5.39. The first-order chi connectivity index (χ1) is 9.66. The Hall–Kier alpha value is -1.64. The van der Waals surface area contributed by atoms with E-state index in [0.717, 1.165) is 0 Å². The number of benzene rings is 2. The van der Waals surface area contributed by atoms with Crippen molar-refractivity contribution in [2.24, 2.45) is 11.7 Å². The Morgan fingerprint density at radius 2 is 1.65 bits per heavy atom. The topological polar surface area (TPSA) is 26.0 Å². The summed E-state index contributed by atoms with van der Waals surface area (Å²) in [5.74, 6) is 0.467. The molecule has 2 heteroatoms. The minimum atomic E-state index is 0.128. The van der Waals surface area contributed by atoms with Crippen molar-refractivity contribution in [3.05, 3.63) is 59.5 Å². The van der Waals surface area contributed by atoms with Gasteiger partial charge >= 0.3 is 0 Å². The summed E-state index contributed by atoms with van der Waals surface area (Å²) in [7, 11) is 0.